The van der Waals surface area contributed by atoms with Crippen molar-refractivity contribution in [2.75, 3.05) is 5.73 Å². The molecule has 2 aromatic carbocycles. The molecule has 0 aromatic heterocycles. The molecule has 0 spiro atoms. The fourth-order valence-electron chi connectivity index (χ4n) is 1.82. The van der Waals surface area contributed by atoms with Gasteiger partial charge in [0.2, 0.25) is 0 Å². The summed E-state index contributed by atoms with van der Waals surface area (Å²) < 4.78 is 14.9. The number of hydrogen-bond donors (Lipinski definition) is 1. The van der Waals surface area contributed by atoms with Crippen LogP contribution < -0.4 is 5.73 Å². The Labute approximate surface area is 122 Å². The van der Waals surface area contributed by atoms with Gasteiger partial charge in [-0.2, -0.15) is 0 Å². The Balaban J connectivity index is 0.000000861. The zero-order valence-electron chi connectivity index (χ0n) is 11.7. The van der Waals surface area contributed by atoms with Crippen molar-refractivity contribution in [2.45, 2.75) is 27.7 Å². The molecule has 0 saturated heterocycles. The van der Waals surface area contributed by atoms with Crippen LogP contribution in [0.4, 0.5) is 10.1 Å². The molecule has 0 saturated carbocycles. The quantitative estimate of drug-likeness (QED) is 0.691. The lowest BCUT2D eigenvalue weighted by Gasteiger charge is -2.10. The maximum atomic E-state index is 13.9. The number of benzene rings is 2. The number of hydrogen-bond acceptors (Lipinski definition) is 1. The van der Waals surface area contributed by atoms with Gasteiger partial charge in [0.15, 0.2) is 0 Å². The first-order valence-corrected chi connectivity index (χ1v) is 7.10. The summed E-state index contributed by atoms with van der Waals surface area (Å²) in [6, 6.07) is 8.77. The fourth-order valence-corrected chi connectivity index (χ4v) is 2.28. The highest BCUT2D eigenvalue weighted by Crippen LogP contribution is 2.31. The molecule has 0 unspecified atom stereocenters. The van der Waals surface area contributed by atoms with Crippen LogP contribution in [0.5, 0.6) is 0 Å². The van der Waals surface area contributed by atoms with E-state index in [4.69, 9.17) is 5.73 Å². The third kappa shape index (κ3) is 3.57. The minimum absolute atomic E-state index is 0.283. The van der Waals surface area contributed by atoms with Gasteiger partial charge in [0.05, 0.1) is 0 Å². The van der Waals surface area contributed by atoms with E-state index in [1.807, 2.05) is 39.8 Å². The van der Waals surface area contributed by atoms with Gasteiger partial charge in [0, 0.05) is 15.7 Å². The average Bonchev–Trinajstić information content (AvgIpc) is 2.37. The number of halogens is 2. The summed E-state index contributed by atoms with van der Waals surface area (Å²) in [6.07, 6.45) is 0. The Morgan fingerprint density at radius 1 is 0.947 bits per heavy atom. The van der Waals surface area contributed by atoms with Crippen LogP contribution in [0.2, 0.25) is 0 Å². The standard InChI is InChI=1S/C14H13BrFN.C2H6/c1-8-6-13(15)9(2)5-12(8)11-4-3-10(17)7-14(11)16;1-2/h3-7H,17H2,1-2H3;1-2H3. The van der Waals surface area contributed by atoms with Crippen LogP contribution in [0.3, 0.4) is 0 Å². The predicted molar refractivity (Wildman–Crippen MR) is 84.8 cm³/mol. The van der Waals surface area contributed by atoms with Crippen molar-refractivity contribution in [2.24, 2.45) is 0 Å². The van der Waals surface area contributed by atoms with Crippen molar-refractivity contribution in [1.82, 2.24) is 0 Å². The fraction of sp³-hybridized carbons (Fsp3) is 0.250. The Kier molecular flexibility index (Phi) is 5.55. The summed E-state index contributed by atoms with van der Waals surface area (Å²) in [5.74, 6) is -0.283. The molecule has 2 N–H and O–H groups in total. The maximum absolute atomic E-state index is 13.9. The molecule has 2 rings (SSSR count). The molecular formula is C16H19BrFN. The molecule has 3 heteroatoms. The summed E-state index contributed by atoms with van der Waals surface area (Å²) >= 11 is 3.47. The van der Waals surface area contributed by atoms with Crippen molar-refractivity contribution < 1.29 is 4.39 Å². The van der Waals surface area contributed by atoms with Crippen LogP contribution in [0.15, 0.2) is 34.8 Å². The molecule has 2 aromatic rings. The minimum Gasteiger partial charge on any atom is -0.399 e. The van der Waals surface area contributed by atoms with Crippen molar-refractivity contribution >= 4 is 21.6 Å². The van der Waals surface area contributed by atoms with E-state index >= 15 is 0 Å². The van der Waals surface area contributed by atoms with Crippen LogP contribution in [-0.2, 0) is 0 Å². The van der Waals surface area contributed by atoms with Crippen molar-refractivity contribution in [3.8, 4) is 11.1 Å². The molecule has 0 aliphatic carbocycles. The van der Waals surface area contributed by atoms with Crippen LogP contribution in [0.25, 0.3) is 11.1 Å². The zero-order valence-corrected chi connectivity index (χ0v) is 13.3. The summed E-state index contributed by atoms with van der Waals surface area (Å²) in [7, 11) is 0. The summed E-state index contributed by atoms with van der Waals surface area (Å²) in [6.45, 7) is 7.96. The Hall–Kier alpha value is -1.35. The van der Waals surface area contributed by atoms with E-state index in [0.29, 0.717) is 11.3 Å². The van der Waals surface area contributed by atoms with E-state index in [1.165, 1.54) is 6.07 Å². The highest BCUT2D eigenvalue weighted by molar-refractivity contribution is 9.10. The Bertz CT molecular complexity index is 579. The third-order valence-corrected chi connectivity index (χ3v) is 3.64. The number of anilines is 1. The Morgan fingerprint density at radius 2 is 1.58 bits per heavy atom. The van der Waals surface area contributed by atoms with Gasteiger partial charge in [0.25, 0.3) is 0 Å². The predicted octanol–water partition coefficient (Wildman–Crippen LogP) is 5.48. The van der Waals surface area contributed by atoms with Gasteiger partial charge in [-0.1, -0.05) is 29.8 Å². The molecule has 0 amide bonds. The maximum Gasteiger partial charge on any atom is 0.133 e. The second kappa shape index (κ2) is 6.71. The van der Waals surface area contributed by atoms with Gasteiger partial charge < -0.3 is 5.73 Å². The van der Waals surface area contributed by atoms with Gasteiger partial charge >= 0.3 is 0 Å². The lowest BCUT2D eigenvalue weighted by Crippen LogP contribution is -1.92. The van der Waals surface area contributed by atoms with E-state index in [2.05, 4.69) is 15.9 Å². The number of nitrogens with two attached hydrogens (primary N) is 1. The second-order valence-electron chi connectivity index (χ2n) is 4.16. The SMILES string of the molecule is CC.Cc1cc(-c2ccc(N)cc2F)c(C)cc1Br. The van der Waals surface area contributed by atoms with Crippen molar-refractivity contribution in [3.63, 3.8) is 0 Å². The zero-order chi connectivity index (χ0) is 14.6. The third-order valence-electron chi connectivity index (χ3n) is 2.79. The molecule has 0 bridgehead atoms. The molecule has 0 heterocycles. The lowest BCUT2D eigenvalue weighted by atomic mass is 9.98. The van der Waals surface area contributed by atoms with Gasteiger partial charge in [-0.25, -0.2) is 4.39 Å². The van der Waals surface area contributed by atoms with Gasteiger partial charge in [-0.15, -0.1) is 0 Å². The normalized spacial score (nSPS) is 9.79. The van der Waals surface area contributed by atoms with Crippen molar-refractivity contribution in [3.05, 3.63) is 51.7 Å². The highest BCUT2D eigenvalue weighted by atomic mass is 79.9. The molecule has 0 radical (unpaired) electrons. The van der Waals surface area contributed by atoms with E-state index in [0.717, 1.165) is 21.2 Å². The molecule has 0 aliphatic rings. The largest absolute Gasteiger partial charge is 0.399 e. The first kappa shape index (κ1) is 15.7. The van der Waals surface area contributed by atoms with E-state index in [1.54, 1.807) is 12.1 Å². The number of rotatable bonds is 1. The van der Waals surface area contributed by atoms with Crippen LogP contribution >= 0.6 is 15.9 Å². The topological polar surface area (TPSA) is 26.0 Å². The lowest BCUT2D eigenvalue weighted by molar-refractivity contribution is 0.632. The minimum atomic E-state index is -0.283. The summed E-state index contributed by atoms with van der Waals surface area (Å²) in [5.41, 5.74) is 9.61. The smallest absolute Gasteiger partial charge is 0.133 e. The molecule has 0 atom stereocenters. The second-order valence-corrected chi connectivity index (χ2v) is 5.01. The van der Waals surface area contributed by atoms with E-state index < -0.39 is 0 Å². The highest BCUT2D eigenvalue weighted by Gasteiger charge is 2.09. The average molecular weight is 324 g/mol. The Morgan fingerprint density at radius 3 is 2.16 bits per heavy atom. The van der Waals surface area contributed by atoms with Gasteiger partial charge in [-0.3, -0.25) is 0 Å². The number of nitrogen functional groups attached to an aromatic ring is 1. The first-order chi connectivity index (χ1) is 8.99. The van der Waals surface area contributed by atoms with Crippen LogP contribution in [0.1, 0.15) is 25.0 Å². The molecule has 102 valence electrons. The first-order valence-electron chi connectivity index (χ1n) is 6.31. The number of aryl methyl sites for hydroxylation is 2. The van der Waals surface area contributed by atoms with E-state index in [-0.39, 0.29) is 5.82 Å². The molecule has 0 aliphatic heterocycles. The summed E-state index contributed by atoms with van der Waals surface area (Å²) in [4.78, 5) is 0. The van der Waals surface area contributed by atoms with Gasteiger partial charge in [-0.05, 0) is 60.9 Å². The van der Waals surface area contributed by atoms with Crippen molar-refractivity contribution in [1.29, 1.82) is 0 Å². The molecule has 0 fully saturated rings. The summed E-state index contributed by atoms with van der Waals surface area (Å²) in [5, 5.41) is 0. The monoisotopic (exact) mass is 323 g/mol. The molecule has 19 heavy (non-hydrogen) atoms. The van der Waals surface area contributed by atoms with E-state index in [9.17, 15) is 4.39 Å². The van der Waals surface area contributed by atoms with Crippen LogP contribution in [-0.4, -0.2) is 0 Å². The van der Waals surface area contributed by atoms with Gasteiger partial charge in [0.1, 0.15) is 5.82 Å². The molecule has 1 nitrogen and oxygen atoms in total. The van der Waals surface area contributed by atoms with Crippen LogP contribution in [0, 0.1) is 19.7 Å². The molecular weight excluding hydrogens is 305 g/mol.